The Bertz CT molecular complexity index is 100. The molecular weight excluding hydrogens is 242 g/mol. The molecule has 0 amide bonds. The molecule has 0 heterocycles. The van der Waals surface area contributed by atoms with Crippen LogP contribution in [0.1, 0.15) is 1.43 Å². The minimum atomic E-state index is -4.67. The largest absolute Gasteiger partial charge is 1.00 e. The van der Waals surface area contributed by atoms with E-state index in [1.165, 1.54) is 0 Å². The van der Waals surface area contributed by atoms with Gasteiger partial charge in [-0.05, 0) is 0 Å². The standard InChI is InChI=1S/K.H2O4S.H2O.Zr.H/c;1-5(2,3)4;;;/h;(H2,1,2,3,4);1H2;;/q+1;;;;-1. The summed E-state index contributed by atoms with van der Waals surface area (Å²) in [5.41, 5.74) is 0. The summed E-state index contributed by atoms with van der Waals surface area (Å²) in [6.45, 7) is 0. The maximum absolute atomic E-state index is 8.74. The maximum atomic E-state index is 8.74. The molecule has 46 valence electrons. The third-order valence-corrected chi connectivity index (χ3v) is 0. The van der Waals surface area contributed by atoms with Gasteiger partial charge in [0.25, 0.3) is 0 Å². The Labute approximate surface area is 110 Å². The van der Waals surface area contributed by atoms with Crippen molar-refractivity contribution in [2.75, 3.05) is 0 Å². The second-order valence-electron chi connectivity index (χ2n) is 0.448. The van der Waals surface area contributed by atoms with E-state index in [1.807, 2.05) is 0 Å². The molecule has 0 aliphatic carbocycles. The van der Waals surface area contributed by atoms with Gasteiger partial charge in [0.2, 0.25) is 0 Å². The van der Waals surface area contributed by atoms with Gasteiger partial charge in [0, 0.05) is 26.2 Å². The van der Waals surface area contributed by atoms with E-state index in [2.05, 4.69) is 0 Å². The van der Waals surface area contributed by atoms with Gasteiger partial charge in [0.1, 0.15) is 0 Å². The van der Waals surface area contributed by atoms with Crippen molar-refractivity contribution in [3.8, 4) is 0 Å². The Hall–Kier alpha value is 2.35. The first kappa shape index (κ1) is 22.4. The van der Waals surface area contributed by atoms with Crippen LogP contribution in [0.15, 0.2) is 0 Å². The van der Waals surface area contributed by atoms with Crippen molar-refractivity contribution >= 4 is 10.4 Å². The summed E-state index contributed by atoms with van der Waals surface area (Å²) in [6, 6.07) is 0. The van der Waals surface area contributed by atoms with Crippen molar-refractivity contribution in [2.45, 2.75) is 0 Å². The van der Waals surface area contributed by atoms with Crippen LogP contribution in [0.5, 0.6) is 0 Å². The van der Waals surface area contributed by atoms with Gasteiger partial charge in [0.15, 0.2) is 0 Å². The fourth-order valence-corrected chi connectivity index (χ4v) is 0. The first-order chi connectivity index (χ1) is 2.00. The molecule has 4 N–H and O–H groups in total. The summed E-state index contributed by atoms with van der Waals surface area (Å²) >= 11 is 0. The van der Waals surface area contributed by atoms with Crippen molar-refractivity contribution in [2.24, 2.45) is 0 Å². The molecule has 0 bridgehead atoms. The minimum Gasteiger partial charge on any atom is -1.00 e. The zero-order valence-corrected chi connectivity index (χ0v) is 10.5. The zero-order valence-electron chi connectivity index (χ0n) is 5.12. The van der Waals surface area contributed by atoms with Crippen molar-refractivity contribution < 1.29 is 102 Å². The van der Waals surface area contributed by atoms with E-state index < -0.39 is 10.4 Å². The van der Waals surface area contributed by atoms with E-state index in [9.17, 15) is 0 Å². The topological polar surface area (TPSA) is 106 Å². The fraction of sp³-hybridized carbons (Fsp3) is 0. The van der Waals surface area contributed by atoms with Gasteiger partial charge in [-0.15, -0.1) is 0 Å². The van der Waals surface area contributed by atoms with Crippen LogP contribution in [0.4, 0.5) is 0 Å². The zero-order chi connectivity index (χ0) is 4.50. The first-order valence-corrected chi connectivity index (χ1v) is 2.10. The molecule has 5 nitrogen and oxygen atoms in total. The van der Waals surface area contributed by atoms with Crippen LogP contribution >= 0.6 is 0 Å². The molecule has 0 aromatic rings. The maximum Gasteiger partial charge on any atom is 1.00 e. The summed E-state index contributed by atoms with van der Waals surface area (Å²) in [6.07, 6.45) is 0. The van der Waals surface area contributed by atoms with E-state index in [0.29, 0.717) is 0 Å². The Morgan fingerprint density at radius 1 is 1.25 bits per heavy atom. The summed E-state index contributed by atoms with van der Waals surface area (Å²) in [5, 5.41) is 0. The van der Waals surface area contributed by atoms with Crippen molar-refractivity contribution in [3.63, 3.8) is 0 Å². The van der Waals surface area contributed by atoms with Crippen LogP contribution in [-0.4, -0.2) is 23.0 Å². The monoisotopic (exact) mass is 246 g/mol. The van der Waals surface area contributed by atoms with Gasteiger partial charge in [0.05, 0.1) is 0 Å². The Morgan fingerprint density at radius 3 is 1.25 bits per heavy atom. The van der Waals surface area contributed by atoms with E-state index in [-0.39, 0.29) is 84.5 Å². The molecule has 0 radical (unpaired) electrons. The molecule has 0 fully saturated rings. The summed E-state index contributed by atoms with van der Waals surface area (Å²) < 4.78 is 31.6. The van der Waals surface area contributed by atoms with Crippen molar-refractivity contribution in [1.29, 1.82) is 0 Å². The molecule has 0 aromatic heterocycles. The van der Waals surface area contributed by atoms with Crippen LogP contribution in [0.3, 0.4) is 0 Å². The van der Waals surface area contributed by atoms with Crippen LogP contribution in [0.2, 0.25) is 0 Å². The second kappa shape index (κ2) is 9.35. The van der Waals surface area contributed by atoms with Crippen LogP contribution in [0.25, 0.3) is 0 Å². The molecule has 0 rings (SSSR count). The Kier molecular flexibility index (Phi) is 26.2. The van der Waals surface area contributed by atoms with Gasteiger partial charge < -0.3 is 6.90 Å². The molecule has 0 unspecified atom stereocenters. The average molecular weight is 247 g/mol. The molecule has 0 saturated carbocycles. The van der Waals surface area contributed by atoms with Crippen molar-refractivity contribution in [3.05, 3.63) is 0 Å². The third-order valence-electron chi connectivity index (χ3n) is 0. The predicted molar refractivity (Wildman–Crippen MR) is 18.9 cm³/mol. The second-order valence-corrected chi connectivity index (χ2v) is 1.34. The molecule has 8 heteroatoms. The fourth-order valence-electron chi connectivity index (χ4n) is 0. The van der Waals surface area contributed by atoms with E-state index in [0.717, 1.165) is 0 Å². The predicted octanol–water partition coefficient (Wildman–Crippen LogP) is -4.36. The Balaban J connectivity index is -0.0000000133. The number of hydrogen-bond acceptors (Lipinski definition) is 2. The molecule has 0 aliphatic rings. The summed E-state index contributed by atoms with van der Waals surface area (Å²) in [5.74, 6) is 0. The van der Waals surface area contributed by atoms with Crippen LogP contribution in [-0.2, 0) is 36.6 Å². The van der Waals surface area contributed by atoms with E-state index in [4.69, 9.17) is 17.5 Å². The Morgan fingerprint density at radius 2 is 1.25 bits per heavy atom. The molecule has 0 aliphatic heterocycles. The molecule has 0 saturated heterocycles. The molecule has 0 aromatic carbocycles. The SMILES string of the molecule is O.O=S(=O)(O)O.[H-].[K+].[Zr]. The average Bonchev–Trinajstić information content (AvgIpc) is 0.722. The summed E-state index contributed by atoms with van der Waals surface area (Å²) in [7, 11) is -4.67. The molecular formula is H5KO5SZr. The van der Waals surface area contributed by atoms with E-state index >= 15 is 0 Å². The molecule has 0 atom stereocenters. The molecule has 0 spiro atoms. The van der Waals surface area contributed by atoms with Crippen LogP contribution < -0.4 is 51.4 Å². The number of rotatable bonds is 0. The number of hydrogen-bond donors (Lipinski definition) is 2. The molecule has 8 heavy (non-hydrogen) atoms. The normalized spacial score (nSPS) is 7.25. The van der Waals surface area contributed by atoms with Crippen molar-refractivity contribution in [1.82, 2.24) is 0 Å². The van der Waals surface area contributed by atoms with Gasteiger partial charge in [-0.2, -0.15) is 8.42 Å². The van der Waals surface area contributed by atoms with Gasteiger partial charge in [-0.1, -0.05) is 0 Å². The van der Waals surface area contributed by atoms with Gasteiger partial charge in [-0.3, -0.25) is 9.11 Å². The quantitative estimate of drug-likeness (QED) is 0.333. The third kappa shape index (κ3) is 81.7. The van der Waals surface area contributed by atoms with Gasteiger partial charge >= 0.3 is 61.8 Å². The first-order valence-electron chi connectivity index (χ1n) is 0.698. The summed E-state index contributed by atoms with van der Waals surface area (Å²) in [4.78, 5) is 0. The smallest absolute Gasteiger partial charge is 1.00 e. The van der Waals surface area contributed by atoms with Gasteiger partial charge in [-0.25, -0.2) is 0 Å². The van der Waals surface area contributed by atoms with E-state index in [1.54, 1.807) is 0 Å². The van der Waals surface area contributed by atoms with Crippen LogP contribution in [0, 0.1) is 0 Å². The minimum absolute atomic E-state index is 0.